The molecule has 1 aromatic rings. The van der Waals surface area contributed by atoms with E-state index in [2.05, 4.69) is 0 Å². The van der Waals surface area contributed by atoms with Crippen molar-refractivity contribution in [2.24, 2.45) is 0 Å². The Bertz CT molecular complexity index is 393. The number of halogens is 2. The number of nitrogens with zero attached hydrogens (tertiary/aromatic N) is 1. The maximum absolute atomic E-state index is 13.5. The monoisotopic (exact) mass is 257 g/mol. The van der Waals surface area contributed by atoms with Gasteiger partial charge >= 0.3 is 0 Å². The van der Waals surface area contributed by atoms with Gasteiger partial charge in [0.2, 0.25) is 0 Å². The van der Waals surface area contributed by atoms with Crippen LogP contribution in [0.4, 0.5) is 8.78 Å². The van der Waals surface area contributed by atoms with Gasteiger partial charge in [0.15, 0.2) is 11.6 Å². The number of hydrogen-bond donors (Lipinski definition) is 1. The molecule has 5 heteroatoms. The van der Waals surface area contributed by atoms with Crippen LogP contribution in [0.1, 0.15) is 18.1 Å². The Kier molecular flexibility index (Phi) is 4.63. The molecule has 18 heavy (non-hydrogen) atoms. The largest absolute Gasteiger partial charge is 0.387 e. The molecule has 1 aliphatic rings. The molecule has 0 bridgehead atoms. The normalized spacial score (nSPS) is 19.5. The van der Waals surface area contributed by atoms with Crippen LogP contribution in [0, 0.1) is 11.6 Å². The molecule has 0 radical (unpaired) electrons. The van der Waals surface area contributed by atoms with Crippen LogP contribution in [-0.2, 0) is 4.74 Å². The standard InChI is InChI=1S/C13H17F2NO2/c14-11-4-1-3-10(13(11)15)12(17)9-16-5-2-7-18-8-6-16/h1,3-4,12,17H,2,5-9H2. The summed E-state index contributed by atoms with van der Waals surface area (Å²) < 4.78 is 31.9. The van der Waals surface area contributed by atoms with Crippen molar-refractivity contribution in [3.63, 3.8) is 0 Å². The van der Waals surface area contributed by atoms with E-state index in [-0.39, 0.29) is 5.56 Å². The fraction of sp³-hybridized carbons (Fsp3) is 0.538. The predicted octanol–water partition coefficient (Wildman–Crippen LogP) is 1.72. The minimum atomic E-state index is -1.02. The van der Waals surface area contributed by atoms with Crippen LogP contribution in [0.3, 0.4) is 0 Å². The molecule has 1 aromatic carbocycles. The van der Waals surface area contributed by atoms with Crippen LogP contribution in [0.5, 0.6) is 0 Å². The average Bonchev–Trinajstić information content (AvgIpc) is 2.61. The second-order valence-electron chi connectivity index (χ2n) is 4.43. The zero-order valence-corrected chi connectivity index (χ0v) is 10.1. The van der Waals surface area contributed by atoms with Crippen molar-refractivity contribution in [1.82, 2.24) is 4.90 Å². The third-order valence-electron chi connectivity index (χ3n) is 3.09. The van der Waals surface area contributed by atoms with Crippen molar-refractivity contribution in [1.29, 1.82) is 0 Å². The quantitative estimate of drug-likeness (QED) is 0.895. The Morgan fingerprint density at radius 1 is 1.28 bits per heavy atom. The number of benzene rings is 1. The number of aliphatic hydroxyl groups excluding tert-OH is 1. The fourth-order valence-corrected chi connectivity index (χ4v) is 2.10. The van der Waals surface area contributed by atoms with Crippen molar-refractivity contribution < 1.29 is 18.6 Å². The summed E-state index contributed by atoms with van der Waals surface area (Å²) in [4.78, 5) is 2.00. The molecule has 3 nitrogen and oxygen atoms in total. The van der Waals surface area contributed by atoms with E-state index in [1.807, 2.05) is 4.90 Å². The van der Waals surface area contributed by atoms with Crippen LogP contribution in [0.25, 0.3) is 0 Å². The van der Waals surface area contributed by atoms with Gasteiger partial charge in [-0.3, -0.25) is 4.90 Å². The van der Waals surface area contributed by atoms with Gasteiger partial charge in [0.1, 0.15) is 0 Å². The highest BCUT2D eigenvalue weighted by Crippen LogP contribution is 2.20. The Morgan fingerprint density at radius 2 is 2.11 bits per heavy atom. The van der Waals surface area contributed by atoms with E-state index in [1.54, 1.807) is 0 Å². The van der Waals surface area contributed by atoms with E-state index in [0.29, 0.717) is 26.3 Å². The van der Waals surface area contributed by atoms with Crippen LogP contribution >= 0.6 is 0 Å². The molecular formula is C13H17F2NO2. The molecule has 0 amide bonds. The second-order valence-corrected chi connectivity index (χ2v) is 4.43. The van der Waals surface area contributed by atoms with Gasteiger partial charge in [0.25, 0.3) is 0 Å². The summed E-state index contributed by atoms with van der Waals surface area (Å²) in [5, 5.41) is 9.98. The molecule has 0 saturated carbocycles. The zero-order chi connectivity index (χ0) is 13.0. The first-order chi connectivity index (χ1) is 8.68. The summed E-state index contributed by atoms with van der Waals surface area (Å²) in [5.41, 5.74) is 0.0140. The maximum atomic E-state index is 13.5. The molecule has 2 rings (SSSR count). The molecule has 1 N–H and O–H groups in total. The lowest BCUT2D eigenvalue weighted by molar-refractivity contribution is 0.101. The minimum absolute atomic E-state index is 0.0140. The Labute approximate surface area is 105 Å². The van der Waals surface area contributed by atoms with Gasteiger partial charge in [-0.2, -0.15) is 0 Å². The molecule has 1 heterocycles. The van der Waals surface area contributed by atoms with Gasteiger partial charge in [-0.15, -0.1) is 0 Å². The average molecular weight is 257 g/mol. The predicted molar refractivity (Wildman–Crippen MR) is 63.2 cm³/mol. The number of rotatable bonds is 3. The van der Waals surface area contributed by atoms with Gasteiger partial charge < -0.3 is 9.84 Å². The lowest BCUT2D eigenvalue weighted by Gasteiger charge is -2.23. The van der Waals surface area contributed by atoms with Crippen LogP contribution in [-0.4, -0.2) is 42.9 Å². The van der Waals surface area contributed by atoms with Crippen LogP contribution < -0.4 is 0 Å². The van der Waals surface area contributed by atoms with Gasteiger partial charge in [-0.25, -0.2) is 8.78 Å². The van der Waals surface area contributed by atoms with Crippen molar-refractivity contribution in [3.05, 3.63) is 35.4 Å². The van der Waals surface area contributed by atoms with Crippen molar-refractivity contribution in [2.45, 2.75) is 12.5 Å². The summed E-state index contributed by atoms with van der Waals surface area (Å²) in [5.74, 6) is -1.89. The second kappa shape index (κ2) is 6.22. The SMILES string of the molecule is OC(CN1CCCOCC1)c1cccc(F)c1F. The summed E-state index contributed by atoms with van der Waals surface area (Å²) >= 11 is 0. The smallest absolute Gasteiger partial charge is 0.164 e. The molecule has 0 aromatic heterocycles. The summed E-state index contributed by atoms with van der Waals surface area (Å²) in [6, 6.07) is 3.87. The first-order valence-corrected chi connectivity index (χ1v) is 6.10. The number of β-amino-alcohol motifs (C(OH)–C–C–N with tert-alkyl or cyclic N) is 1. The van der Waals surface area contributed by atoms with Gasteiger partial charge in [0, 0.05) is 31.8 Å². The molecule has 100 valence electrons. The first kappa shape index (κ1) is 13.4. The summed E-state index contributed by atoms with van der Waals surface area (Å²) in [6.45, 7) is 3.12. The minimum Gasteiger partial charge on any atom is -0.387 e. The molecule has 1 atom stereocenters. The van der Waals surface area contributed by atoms with E-state index < -0.39 is 17.7 Å². The highest BCUT2D eigenvalue weighted by molar-refractivity contribution is 5.21. The van der Waals surface area contributed by atoms with Crippen LogP contribution in [0.15, 0.2) is 18.2 Å². The van der Waals surface area contributed by atoms with E-state index in [1.165, 1.54) is 12.1 Å². The maximum Gasteiger partial charge on any atom is 0.164 e. The van der Waals surface area contributed by atoms with Crippen molar-refractivity contribution >= 4 is 0 Å². The lowest BCUT2D eigenvalue weighted by Crippen LogP contribution is -2.31. The Morgan fingerprint density at radius 3 is 2.94 bits per heavy atom. The third-order valence-corrected chi connectivity index (χ3v) is 3.09. The van der Waals surface area contributed by atoms with E-state index in [9.17, 15) is 13.9 Å². The van der Waals surface area contributed by atoms with Crippen molar-refractivity contribution in [2.75, 3.05) is 32.8 Å². The van der Waals surface area contributed by atoms with Gasteiger partial charge in [0.05, 0.1) is 12.7 Å². The molecule has 0 aliphatic carbocycles. The van der Waals surface area contributed by atoms with Gasteiger partial charge in [-0.05, 0) is 12.5 Å². The third kappa shape index (κ3) is 3.25. The summed E-state index contributed by atoms with van der Waals surface area (Å²) in [6.07, 6.45) is -0.128. The molecule has 1 saturated heterocycles. The molecule has 1 aliphatic heterocycles. The van der Waals surface area contributed by atoms with Gasteiger partial charge in [-0.1, -0.05) is 12.1 Å². The van der Waals surface area contributed by atoms with E-state index in [0.717, 1.165) is 19.0 Å². The van der Waals surface area contributed by atoms with Crippen LogP contribution in [0.2, 0.25) is 0 Å². The number of ether oxygens (including phenoxy) is 1. The first-order valence-electron chi connectivity index (χ1n) is 6.10. The molecular weight excluding hydrogens is 240 g/mol. The fourth-order valence-electron chi connectivity index (χ4n) is 2.10. The molecule has 1 unspecified atom stereocenters. The molecule has 1 fully saturated rings. The highest BCUT2D eigenvalue weighted by Gasteiger charge is 2.19. The zero-order valence-electron chi connectivity index (χ0n) is 10.1. The Hall–Kier alpha value is -1.04. The highest BCUT2D eigenvalue weighted by atomic mass is 19.2. The topological polar surface area (TPSA) is 32.7 Å². The lowest BCUT2D eigenvalue weighted by atomic mass is 10.1. The van der Waals surface area contributed by atoms with E-state index >= 15 is 0 Å². The Balaban J connectivity index is 2.02. The number of aliphatic hydroxyl groups is 1. The van der Waals surface area contributed by atoms with Crippen molar-refractivity contribution in [3.8, 4) is 0 Å². The number of hydrogen-bond acceptors (Lipinski definition) is 3. The summed E-state index contributed by atoms with van der Waals surface area (Å²) in [7, 11) is 0. The van der Waals surface area contributed by atoms with E-state index in [4.69, 9.17) is 4.74 Å². The molecule has 0 spiro atoms.